The van der Waals surface area contributed by atoms with E-state index in [1.165, 1.54) is 12.1 Å². The molecule has 33 heavy (non-hydrogen) atoms. The monoisotopic (exact) mass is 453 g/mol. The number of aromatic nitrogens is 3. The fourth-order valence-electron chi connectivity index (χ4n) is 3.55. The molecule has 4 rings (SSSR count). The van der Waals surface area contributed by atoms with Crippen molar-refractivity contribution in [2.75, 3.05) is 5.43 Å². The number of nitrogens with zero attached hydrogens (tertiary/aromatic N) is 3. The van der Waals surface area contributed by atoms with E-state index in [4.69, 9.17) is 4.98 Å². The second-order valence-electron chi connectivity index (χ2n) is 7.95. The van der Waals surface area contributed by atoms with Gasteiger partial charge in [-0.25, -0.2) is 9.67 Å². The Hall–Kier alpha value is -3.88. The number of carbonyl (C=O) groups is 1. The summed E-state index contributed by atoms with van der Waals surface area (Å²) in [5.41, 5.74) is 7.70. The zero-order chi connectivity index (χ0) is 23.8. The van der Waals surface area contributed by atoms with Crippen LogP contribution in [0.1, 0.15) is 41.4 Å². The number of amides is 1. The van der Waals surface area contributed by atoms with Crippen molar-refractivity contribution < 1.29 is 18.0 Å². The molecule has 0 aliphatic heterocycles. The van der Waals surface area contributed by atoms with Crippen molar-refractivity contribution in [3.8, 4) is 11.3 Å². The summed E-state index contributed by atoms with van der Waals surface area (Å²) in [5, 5.41) is 4.93. The van der Waals surface area contributed by atoms with Gasteiger partial charge in [0.2, 0.25) is 0 Å². The molecule has 0 radical (unpaired) electrons. The van der Waals surface area contributed by atoms with Gasteiger partial charge in [-0.15, -0.1) is 0 Å². The molecule has 4 aromatic rings. The highest BCUT2D eigenvalue weighted by Gasteiger charge is 2.30. The second-order valence-corrected chi connectivity index (χ2v) is 7.95. The number of anilines is 1. The molecule has 2 aromatic carbocycles. The molecule has 0 aliphatic rings. The molecule has 2 aromatic heterocycles. The third kappa shape index (κ3) is 4.52. The van der Waals surface area contributed by atoms with Crippen LogP contribution in [0, 0.1) is 6.92 Å². The standard InChI is InChI=1S/C24H22F3N5O/c1-14(2)32-22-20(13-28-32)19(12-21(29-22)18-10-5-4-7-15(18)3)23(33)31-30-17-9-6-8-16(11-17)24(25,26)27/h4-14,30H,1-3H3,(H,31,33). The average Bonchev–Trinajstić information content (AvgIpc) is 3.21. The number of rotatable bonds is 5. The van der Waals surface area contributed by atoms with Gasteiger partial charge in [0.25, 0.3) is 5.91 Å². The predicted octanol–water partition coefficient (Wildman–Crippen LogP) is 5.76. The highest BCUT2D eigenvalue weighted by molar-refractivity contribution is 6.07. The average molecular weight is 453 g/mol. The number of pyridine rings is 1. The lowest BCUT2D eigenvalue weighted by molar-refractivity contribution is -0.137. The van der Waals surface area contributed by atoms with E-state index in [0.717, 1.165) is 23.3 Å². The minimum atomic E-state index is -4.48. The number of carbonyl (C=O) groups excluding carboxylic acids is 1. The van der Waals surface area contributed by atoms with Crippen molar-refractivity contribution in [2.24, 2.45) is 0 Å². The maximum Gasteiger partial charge on any atom is 0.416 e. The summed E-state index contributed by atoms with van der Waals surface area (Å²) in [4.78, 5) is 17.9. The molecule has 2 heterocycles. The van der Waals surface area contributed by atoms with Gasteiger partial charge in [-0.3, -0.25) is 15.6 Å². The van der Waals surface area contributed by atoms with Crippen LogP contribution >= 0.6 is 0 Å². The Morgan fingerprint density at radius 2 is 1.82 bits per heavy atom. The first-order valence-corrected chi connectivity index (χ1v) is 10.3. The number of hydrogen-bond donors (Lipinski definition) is 2. The van der Waals surface area contributed by atoms with Crippen LogP contribution in [0.25, 0.3) is 22.3 Å². The molecule has 0 spiro atoms. The fourth-order valence-corrected chi connectivity index (χ4v) is 3.55. The van der Waals surface area contributed by atoms with Crippen LogP contribution < -0.4 is 10.9 Å². The van der Waals surface area contributed by atoms with Crippen LogP contribution in [0.2, 0.25) is 0 Å². The minimum Gasteiger partial charge on any atom is -0.298 e. The summed E-state index contributed by atoms with van der Waals surface area (Å²) in [5.74, 6) is -0.516. The maximum atomic E-state index is 13.1. The van der Waals surface area contributed by atoms with Crippen molar-refractivity contribution in [3.63, 3.8) is 0 Å². The lowest BCUT2D eigenvalue weighted by atomic mass is 10.0. The van der Waals surface area contributed by atoms with Gasteiger partial charge >= 0.3 is 6.18 Å². The van der Waals surface area contributed by atoms with Crippen molar-refractivity contribution in [2.45, 2.75) is 33.0 Å². The molecule has 0 unspecified atom stereocenters. The molecular formula is C24H22F3N5O. The summed E-state index contributed by atoms with van der Waals surface area (Å²) in [6.45, 7) is 5.88. The van der Waals surface area contributed by atoms with Crippen molar-refractivity contribution in [1.82, 2.24) is 20.2 Å². The lowest BCUT2D eigenvalue weighted by Crippen LogP contribution is -2.29. The van der Waals surface area contributed by atoms with Gasteiger partial charge in [0.15, 0.2) is 5.65 Å². The Morgan fingerprint density at radius 1 is 1.06 bits per heavy atom. The molecule has 9 heteroatoms. The van der Waals surface area contributed by atoms with Gasteiger partial charge in [-0.05, 0) is 50.6 Å². The molecule has 170 valence electrons. The Morgan fingerprint density at radius 3 is 2.52 bits per heavy atom. The smallest absolute Gasteiger partial charge is 0.298 e. The lowest BCUT2D eigenvalue weighted by Gasteiger charge is -2.14. The Balaban J connectivity index is 1.72. The molecule has 0 bridgehead atoms. The summed E-state index contributed by atoms with van der Waals surface area (Å²) >= 11 is 0. The molecular weight excluding hydrogens is 431 g/mol. The first kappa shape index (κ1) is 22.3. The molecule has 0 aliphatic carbocycles. The number of halogens is 3. The summed E-state index contributed by atoms with van der Waals surface area (Å²) in [6, 6.07) is 14.0. The van der Waals surface area contributed by atoms with Crippen LogP contribution in [0.4, 0.5) is 18.9 Å². The van der Waals surface area contributed by atoms with E-state index in [0.29, 0.717) is 22.3 Å². The first-order valence-electron chi connectivity index (χ1n) is 10.3. The molecule has 0 fully saturated rings. The number of fused-ring (bicyclic) bond motifs is 1. The molecule has 0 saturated heterocycles. The van der Waals surface area contributed by atoms with Gasteiger partial charge in [-0.1, -0.05) is 30.3 Å². The fraction of sp³-hybridized carbons (Fsp3) is 0.208. The highest BCUT2D eigenvalue weighted by Crippen LogP contribution is 2.31. The zero-order valence-electron chi connectivity index (χ0n) is 18.2. The summed E-state index contributed by atoms with van der Waals surface area (Å²) in [7, 11) is 0. The van der Waals surface area contributed by atoms with E-state index in [-0.39, 0.29) is 11.7 Å². The number of hydrogen-bond acceptors (Lipinski definition) is 4. The van der Waals surface area contributed by atoms with Crippen molar-refractivity contribution in [3.05, 3.63) is 77.5 Å². The van der Waals surface area contributed by atoms with Gasteiger partial charge in [-0.2, -0.15) is 18.3 Å². The van der Waals surface area contributed by atoms with Gasteiger partial charge in [0, 0.05) is 11.6 Å². The molecule has 2 N–H and O–H groups in total. The second kappa shape index (κ2) is 8.57. The minimum absolute atomic E-state index is 0.0151. The highest BCUT2D eigenvalue weighted by atomic mass is 19.4. The van der Waals surface area contributed by atoms with Crippen LogP contribution in [0.5, 0.6) is 0 Å². The van der Waals surface area contributed by atoms with E-state index in [2.05, 4.69) is 16.0 Å². The number of alkyl halides is 3. The Bertz CT molecular complexity index is 1330. The summed E-state index contributed by atoms with van der Waals surface area (Å²) < 4.78 is 40.7. The molecule has 0 saturated carbocycles. The summed E-state index contributed by atoms with van der Waals surface area (Å²) in [6.07, 6.45) is -2.91. The number of aryl methyl sites for hydroxylation is 1. The van der Waals surface area contributed by atoms with Crippen LogP contribution in [-0.4, -0.2) is 20.7 Å². The van der Waals surface area contributed by atoms with E-state index < -0.39 is 17.6 Å². The Kier molecular flexibility index (Phi) is 5.80. The first-order chi connectivity index (χ1) is 15.6. The normalized spacial score (nSPS) is 11.7. The van der Waals surface area contributed by atoms with Crippen LogP contribution in [0.3, 0.4) is 0 Å². The quantitative estimate of drug-likeness (QED) is 0.377. The largest absolute Gasteiger partial charge is 0.416 e. The Labute approximate surface area is 188 Å². The molecule has 1 amide bonds. The third-order valence-corrected chi connectivity index (χ3v) is 5.23. The van der Waals surface area contributed by atoms with Crippen molar-refractivity contribution >= 4 is 22.6 Å². The number of hydrazine groups is 1. The van der Waals surface area contributed by atoms with Crippen LogP contribution in [-0.2, 0) is 6.18 Å². The van der Waals surface area contributed by atoms with E-state index in [1.807, 2.05) is 45.0 Å². The van der Waals surface area contributed by atoms with Crippen LogP contribution in [0.15, 0.2) is 60.8 Å². The molecule has 6 nitrogen and oxygen atoms in total. The third-order valence-electron chi connectivity index (χ3n) is 5.23. The molecule has 0 atom stereocenters. The van der Waals surface area contributed by atoms with E-state index >= 15 is 0 Å². The van der Waals surface area contributed by atoms with Crippen molar-refractivity contribution in [1.29, 1.82) is 0 Å². The topological polar surface area (TPSA) is 71.8 Å². The predicted molar refractivity (Wildman–Crippen MR) is 121 cm³/mol. The van der Waals surface area contributed by atoms with E-state index in [9.17, 15) is 18.0 Å². The van der Waals surface area contributed by atoms with Gasteiger partial charge < -0.3 is 0 Å². The zero-order valence-corrected chi connectivity index (χ0v) is 18.2. The SMILES string of the molecule is Cc1ccccc1-c1cc(C(=O)NNc2cccc(C(F)(F)F)c2)c2cnn(C(C)C)c2n1. The maximum absolute atomic E-state index is 13.1. The van der Waals surface area contributed by atoms with Gasteiger partial charge in [0.1, 0.15) is 0 Å². The van der Waals surface area contributed by atoms with E-state index in [1.54, 1.807) is 16.9 Å². The van der Waals surface area contributed by atoms with Gasteiger partial charge in [0.05, 0.1) is 34.1 Å². The number of nitrogens with one attached hydrogen (secondary N) is 2. The number of benzene rings is 2.